The largest absolute Gasteiger partial charge is 0.493 e. The van der Waals surface area contributed by atoms with Gasteiger partial charge >= 0.3 is 0 Å². The maximum Gasteiger partial charge on any atom is 0.165 e. The van der Waals surface area contributed by atoms with E-state index in [-0.39, 0.29) is 0 Å². The molecule has 0 bridgehead atoms. The Morgan fingerprint density at radius 3 is 2.38 bits per heavy atom. The second-order valence-electron chi connectivity index (χ2n) is 7.72. The first-order valence-electron chi connectivity index (χ1n) is 10.3. The first-order valence-corrected chi connectivity index (χ1v) is 10.3. The van der Waals surface area contributed by atoms with E-state index in [1.165, 1.54) is 0 Å². The molecule has 1 atom stereocenters. The van der Waals surface area contributed by atoms with Gasteiger partial charge in [-0.1, -0.05) is 56.3 Å². The molecule has 0 spiro atoms. The molecule has 0 aliphatic carbocycles. The van der Waals surface area contributed by atoms with Gasteiger partial charge in [-0.15, -0.1) is 0 Å². The number of para-hydroxylation sites is 1. The van der Waals surface area contributed by atoms with E-state index in [1.807, 2.05) is 48.5 Å². The van der Waals surface area contributed by atoms with Crippen LogP contribution < -0.4 is 9.47 Å². The van der Waals surface area contributed by atoms with Crippen molar-refractivity contribution >= 4 is 0 Å². The lowest BCUT2D eigenvalue weighted by atomic mass is 10.1. The minimum atomic E-state index is -0.553. The highest BCUT2D eigenvalue weighted by molar-refractivity contribution is 5.46. The molecule has 5 heteroatoms. The highest BCUT2D eigenvalue weighted by atomic mass is 16.5. The summed E-state index contributed by atoms with van der Waals surface area (Å²) in [5.74, 6) is 2.07. The second kappa shape index (κ2) is 12.5. The molecule has 0 radical (unpaired) electrons. The fraction of sp³-hybridized carbons (Fsp3) is 0.500. The third-order valence-corrected chi connectivity index (χ3v) is 4.79. The number of hydrogen-bond acceptors (Lipinski definition) is 5. The highest BCUT2D eigenvalue weighted by Gasteiger charge is 2.17. The highest BCUT2D eigenvalue weighted by Crippen LogP contribution is 2.31. The number of aliphatic hydroxyl groups excluding tert-OH is 1. The van der Waals surface area contributed by atoms with Gasteiger partial charge in [0.15, 0.2) is 11.5 Å². The van der Waals surface area contributed by atoms with Crippen molar-refractivity contribution in [2.45, 2.75) is 39.5 Å². The molecular formula is C24H35NO4. The number of hydrogen-bond donors (Lipinski definition) is 1. The van der Waals surface area contributed by atoms with Crippen molar-refractivity contribution in [3.8, 4) is 11.5 Å². The Hall–Kier alpha value is -2.08. The molecule has 0 aliphatic rings. The Bertz CT molecular complexity index is 705. The van der Waals surface area contributed by atoms with E-state index in [0.717, 1.165) is 35.6 Å². The Morgan fingerprint density at radius 1 is 0.966 bits per heavy atom. The molecule has 29 heavy (non-hydrogen) atoms. The lowest BCUT2D eigenvalue weighted by Crippen LogP contribution is -2.35. The van der Waals surface area contributed by atoms with Crippen molar-refractivity contribution in [3.05, 3.63) is 59.7 Å². The van der Waals surface area contributed by atoms with Gasteiger partial charge in [0.25, 0.3) is 0 Å². The lowest BCUT2D eigenvalue weighted by Gasteiger charge is -2.27. The van der Waals surface area contributed by atoms with Crippen LogP contribution in [0, 0.1) is 5.92 Å². The number of nitrogens with zero attached hydrogens (tertiary/aromatic N) is 1. The van der Waals surface area contributed by atoms with Gasteiger partial charge in [-0.3, -0.25) is 4.90 Å². The summed E-state index contributed by atoms with van der Waals surface area (Å²) in [5, 5.41) is 10.5. The molecule has 0 saturated carbocycles. The van der Waals surface area contributed by atoms with Crippen LogP contribution in [0.3, 0.4) is 0 Å². The van der Waals surface area contributed by atoms with Crippen molar-refractivity contribution in [2.75, 3.05) is 33.9 Å². The summed E-state index contributed by atoms with van der Waals surface area (Å²) in [4.78, 5) is 2.26. The average Bonchev–Trinajstić information content (AvgIpc) is 2.72. The van der Waals surface area contributed by atoms with Crippen molar-refractivity contribution in [3.63, 3.8) is 0 Å². The Morgan fingerprint density at radius 2 is 1.72 bits per heavy atom. The summed E-state index contributed by atoms with van der Waals surface area (Å²) in [5.41, 5.74) is 2.16. The number of benzene rings is 2. The van der Waals surface area contributed by atoms with Crippen molar-refractivity contribution in [2.24, 2.45) is 5.92 Å². The molecule has 0 heterocycles. The van der Waals surface area contributed by atoms with Crippen LogP contribution in [0.1, 0.15) is 31.4 Å². The van der Waals surface area contributed by atoms with Gasteiger partial charge in [-0.05, 0) is 30.5 Å². The topological polar surface area (TPSA) is 51.2 Å². The van der Waals surface area contributed by atoms with Crippen LogP contribution in [0.15, 0.2) is 48.5 Å². The molecule has 0 aliphatic heterocycles. The molecule has 2 aromatic carbocycles. The van der Waals surface area contributed by atoms with Crippen LogP contribution in [-0.4, -0.2) is 50.0 Å². The standard InChI is InChI=1S/C24H35NO4/c1-19(2)13-14-25(15-21-11-8-12-23(27-3)24(21)28-4)16-22(26)18-29-17-20-9-6-5-7-10-20/h5-12,19,22,26H,13-18H2,1-4H3/t22-/m1/s1. The molecule has 0 fully saturated rings. The van der Waals surface area contributed by atoms with E-state index in [9.17, 15) is 5.11 Å². The summed E-state index contributed by atoms with van der Waals surface area (Å²) in [6, 6.07) is 15.9. The third kappa shape index (κ3) is 8.05. The van der Waals surface area contributed by atoms with Crippen LogP contribution in [0.2, 0.25) is 0 Å². The maximum absolute atomic E-state index is 10.5. The molecule has 2 aromatic rings. The predicted octanol–water partition coefficient (Wildman–Crippen LogP) is 4.13. The zero-order valence-corrected chi connectivity index (χ0v) is 18.1. The maximum atomic E-state index is 10.5. The van der Waals surface area contributed by atoms with Gasteiger partial charge in [0, 0.05) is 18.7 Å². The second-order valence-corrected chi connectivity index (χ2v) is 7.72. The minimum absolute atomic E-state index is 0.308. The summed E-state index contributed by atoms with van der Waals surface area (Å²) < 4.78 is 16.7. The third-order valence-electron chi connectivity index (χ3n) is 4.79. The molecule has 0 aromatic heterocycles. The Kier molecular flexibility index (Phi) is 9.98. The Balaban J connectivity index is 1.96. The summed E-state index contributed by atoms with van der Waals surface area (Å²) in [6.07, 6.45) is 0.506. The first kappa shape index (κ1) is 23.2. The van der Waals surface area contributed by atoms with Crippen LogP contribution in [0.5, 0.6) is 11.5 Å². The molecule has 0 amide bonds. The molecule has 2 rings (SSSR count). The predicted molar refractivity (Wildman–Crippen MR) is 116 cm³/mol. The zero-order valence-electron chi connectivity index (χ0n) is 18.1. The Labute approximate surface area is 175 Å². The number of aliphatic hydroxyl groups is 1. The minimum Gasteiger partial charge on any atom is -0.493 e. The zero-order chi connectivity index (χ0) is 21.1. The van der Waals surface area contributed by atoms with Crippen LogP contribution in [0.4, 0.5) is 0 Å². The SMILES string of the molecule is COc1cccc(CN(CCC(C)C)C[C@@H](O)COCc2ccccc2)c1OC. The van der Waals surface area contributed by atoms with Gasteiger partial charge in [-0.2, -0.15) is 0 Å². The van der Waals surface area contributed by atoms with Crippen LogP contribution in [0.25, 0.3) is 0 Å². The molecule has 0 unspecified atom stereocenters. The smallest absolute Gasteiger partial charge is 0.165 e. The first-order chi connectivity index (χ1) is 14.0. The molecule has 5 nitrogen and oxygen atoms in total. The van der Waals surface area contributed by atoms with E-state index < -0.39 is 6.10 Å². The molecule has 160 valence electrons. The van der Waals surface area contributed by atoms with Gasteiger partial charge in [-0.25, -0.2) is 0 Å². The van der Waals surface area contributed by atoms with Crippen molar-refractivity contribution in [1.82, 2.24) is 4.90 Å². The molecular weight excluding hydrogens is 366 g/mol. The normalized spacial score (nSPS) is 12.4. The van der Waals surface area contributed by atoms with Crippen molar-refractivity contribution < 1.29 is 19.3 Å². The van der Waals surface area contributed by atoms with E-state index in [4.69, 9.17) is 14.2 Å². The summed E-state index contributed by atoms with van der Waals surface area (Å²) in [7, 11) is 3.30. The quantitative estimate of drug-likeness (QED) is 0.547. The van der Waals surface area contributed by atoms with E-state index in [1.54, 1.807) is 14.2 Å². The van der Waals surface area contributed by atoms with Gasteiger partial charge in [0.05, 0.1) is 33.5 Å². The summed E-state index contributed by atoms with van der Waals surface area (Å²) in [6.45, 7) is 7.36. The van der Waals surface area contributed by atoms with E-state index in [0.29, 0.717) is 32.2 Å². The van der Waals surface area contributed by atoms with Gasteiger partial charge < -0.3 is 19.3 Å². The number of ether oxygens (including phenoxy) is 3. The number of methoxy groups -OCH3 is 2. The fourth-order valence-electron chi connectivity index (χ4n) is 3.23. The molecule has 0 saturated heterocycles. The molecule has 1 N–H and O–H groups in total. The van der Waals surface area contributed by atoms with Gasteiger partial charge in [0.1, 0.15) is 0 Å². The number of rotatable bonds is 13. The van der Waals surface area contributed by atoms with Crippen molar-refractivity contribution in [1.29, 1.82) is 0 Å². The van der Waals surface area contributed by atoms with Gasteiger partial charge in [0.2, 0.25) is 0 Å². The monoisotopic (exact) mass is 401 g/mol. The fourth-order valence-corrected chi connectivity index (χ4v) is 3.23. The van der Waals surface area contributed by atoms with Crippen LogP contribution >= 0.6 is 0 Å². The summed E-state index contributed by atoms with van der Waals surface area (Å²) >= 11 is 0. The van der Waals surface area contributed by atoms with Crippen LogP contribution in [-0.2, 0) is 17.9 Å². The lowest BCUT2D eigenvalue weighted by molar-refractivity contribution is 0.00778. The van der Waals surface area contributed by atoms with E-state index in [2.05, 4.69) is 18.7 Å². The average molecular weight is 402 g/mol. The van der Waals surface area contributed by atoms with E-state index >= 15 is 0 Å².